The van der Waals surface area contributed by atoms with Crippen molar-refractivity contribution in [3.63, 3.8) is 0 Å². The number of carbonyl (C=O) groups excluding carboxylic acids is 1. The maximum atomic E-state index is 12.6. The number of anilines is 1. The summed E-state index contributed by atoms with van der Waals surface area (Å²) in [5.74, 6) is 0.202. The molecule has 1 unspecified atom stereocenters. The second-order valence-electron chi connectivity index (χ2n) is 8.18. The second-order valence-corrected chi connectivity index (χ2v) is 8.18. The van der Waals surface area contributed by atoms with E-state index in [4.69, 9.17) is 4.74 Å². The van der Waals surface area contributed by atoms with Gasteiger partial charge in [0, 0.05) is 23.1 Å². The lowest BCUT2D eigenvalue weighted by Crippen LogP contribution is -2.35. The fourth-order valence-corrected chi connectivity index (χ4v) is 2.93. The van der Waals surface area contributed by atoms with Crippen molar-refractivity contribution in [3.05, 3.63) is 41.2 Å². The number of hydrogen-bond donors (Lipinski definition) is 3. The van der Waals surface area contributed by atoms with Gasteiger partial charge in [-0.25, -0.2) is 0 Å². The molecule has 134 valence electrons. The third-order valence-electron chi connectivity index (χ3n) is 4.33. The van der Waals surface area contributed by atoms with Crippen LogP contribution in [0, 0.1) is 0 Å². The number of nitrogens with zero attached hydrogens (tertiary/aromatic N) is 1. The van der Waals surface area contributed by atoms with Gasteiger partial charge in [0.15, 0.2) is 5.69 Å². The maximum absolute atomic E-state index is 12.6. The van der Waals surface area contributed by atoms with Gasteiger partial charge in [-0.2, -0.15) is 5.10 Å². The zero-order valence-electron chi connectivity index (χ0n) is 15.3. The summed E-state index contributed by atoms with van der Waals surface area (Å²) in [6.07, 6.45) is -0.111. The number of nitrogens with one attached hydrogen (secondary N) is 2. The minimum Gasteiger partial charge on any atom is -0.485 e. The lowest BCUT2D eigenvalue weighted by molar-refractivity contribution is 0.0121. The number of para-hydroxylation sites is 1. The second kappa shape index (κ2) is 5.88. The van der Waals surface area contributed by atoms with Crippen LogP contribution in [-0.2, 0) is 5.41 Å². The quantitative estimate of drug-likeness (QED) is 0.778. The zero-order valence-corrected chi connectivity index (χ0v) is 15.3. The van der Waals surface area contributed by atoms with Crippen LogP contribution in [0.5, 0.6) is 5.75 Å². The molecule has 1 aliphatic heterocycles. The Bertz CT molecular complexity index is 802. The Balaban J connectivity index is 1.88. The Hall–Kier alpha value is -2.34. The van der Waals surface area contributed by atoms with E-state index in [1.807, 2.05) is 40.7 Å². The lowest BCUT2D eigenvalue weighted by atomic mass is 9.91. The largest absolute Gasteiger partial charge is 0.485 e. The average Bonchev–Trinajstić information content (AvgIpc) is 2.97. The van der Waals surface area contributed by atoms with E-state index in [1.165, 1.54) is 0 Å². The van der Waals surface area contributed by atoms with Crippen LogP contribution in [0.15, 0.2) is 24.3 Å². The van der Waals surface area contributed by atoms with Gasteiger partial charge >= 0.3 is 0 Å². The maximum Gasteiger partial charge on any atom is 0.276 e. The minimum atomic E-state index is -0.617. The summed E-state index contributed by atoms with van der Waals surface area (Å²) < 4.78 is 6.01. The van der Waals surface area contributed by atoms with Crippen LogP contribution in [0.2, 0.25) is 0 Å². The Morgan fingerprint density at radius 3 is 2.76 bits per heavy atom. The first-order chi connectivity index (χ1) is 11.6. The summed E-state index contributed by atoms with van der Waals surface area (Å²) in [5, 5.41) is 20.2. The minimum absolute atomic E-state index is 0.116. The molecule has 1 aliphatic rings. The molecular formula is C19H25N3O3. The van der Waals surface area contributed by atoms with Crippen LogP contribution in [0.1, 0.15) is 68.9 Å². The highest BCUT2D eigenvalue weighted by Gasteiger charge is 2.34. The van der Waals surface area contributed by atoms with Crippen molar-refractivity contribution in [2.75, 3.05) is 5.32 Å². The van der Waals surface area contributed by atoms with Gasteiger partial charge in [-0.1, -0.05) is 32.9 Å². The third kappa shape index (κ3) is 3.54. The van der Waals surface area contributed by atoms with Crippen molar-refractivity contribution in [2.24, 2.45) is 0 Å². The summed E-state index contributed by atoms with van der Waals surface area (Å²) in [4.78, 5) is 12.6. The first-order valence-corrected chi connectivity index (χ1v) is 8.44. The predicted octanol–water partition coefficient (Wildman–Crippen LogP) is 3.55. The number of amides is 1. The molecule has 0 saturated carbocycles. The highest BCUT2D eigenvalue weighted by atomic mass is 16.5. The van der Waals surface area contributed by atoms with E-state index < -0.39 is 11.7 Å². The van der Waals surface area contributed by atoms with Crippen molar-refractivity contribution < 1.29 is 14.6 Å². The van der Waals surface area contributed by atoms with Crippen molar-refractivity contribution in [1.82, 2.24) is 10.2 Å². The number of benzene rings is 1. The molecule has 1 aromatic carbocycles. The van der Waals surface area contributed by atoms with Crippen LogP contribution in [0.25, 0.3) is 0 Å². The highest BCUT2D eigenvalue weighted by molar-refractivity contribution is 6.04. The molecule has 0 spiro atoms. The van der Waals surface area contributed by atoms with Gasteiger partial charge in [-0.3, -0.25) is 9.89 Å². The van der Waals surface area contributed by atoms with E-state index in [9.17, 15) is 9.90 Å². The summed E-state index contributed by atoms with van der Waals surface area (Å²) in [7, 11) is 0. The van der Waals surface area contributed by atoms with Gasteiger partial charge in [0.05, 0.1) is 11.8 Å². The zero-order chi connectivity index (χ0) is 18.4. The Kier molecular flexibility index (Phi) is 4.11. The van der Waals surface area contributed by atoms with Gasteiger partial charge in [0.2, 0.25) is 0 Å². The number of H-pyrrole nitrogens is 1. The van der Waals surface area contributed by atoms with E-state index in [-0.39, 0.29) is 11.3 Å². The SMILES string of the molecule is CC1(C)CC(O)c2cccc(NC(=O)c3cc(C(C)(C)C)[nH]n3)c2O1. The van der Waals surface area contributed by atoms with Gasteiger partial charge < -0.3 is 15.2 Å². The molecule has 0 radical (unpaired) electrons. The van der Waals surface area contributed by atoms with E-state index in [2.05, 4.69) is 15.5 Å². The molecule has 0 fully saturated rings. The number of fused-ring (bicyclic) bond motifs is 1. The van der Waals surface area contributed by atoms with Crippen molar-refractivity contribution >= 4 is 11.6 Å². The normalized spacial score (nSPS) is 19.0. The Morgan fingerprint density at radius 2 is 2.12 bits per heavy atom. The van der Waals surface area contributed by atoms with E-state index in [0.717, 1.165) is 5.69 Å². The number of carbonyl (C=O) groups is 1. The standard InChI is InChI=1S/C19H25N3O3/c1-18(2,3)15-9-13(21-22-15)17(24)20-12-8-6-7-11-14(23)10-19(4,5)25-16(11)12/h6-9,14,23H,10H2,1-5H3,(H,20,24)(H,21,22). The molecule has 3 rings (SSSR count). The average molecular weight is 343 g/mol. The van der Waals surface area contributed by atoms with Crippen molar-refractivity contribution in [2.45, 2.75) is 58.2 Å². The first-order valence-electron chi connectivity index (χ1n) is 8.44. The molecule has 2 heterocycles. The summed E-state index contributed by atoms with van der Waals surface area (Å²) in [6.45, 7) is 9.98. The molecule has 1 atom stereocenters. The number of aromatic nitrogens is 2. The molecule has 1 aromatic heterocycles. The van der Waals surface area contributed by atoms with E-state index in [1.54, 1.807) is 18.2 Å². The number of aromatic amines is 1. The van der Waals surface area contributed by atoms with E-state index in [0.29, 0.717) is 29.1 Å². The van der Waals surface area contributed by atoms with Crippen LogP contribution in [-0.4, -0.2) is 26.8 Å². The smallest absolute Gasteiger partial charge is 0.276 e. The number of aliphatic hydroxyl groups is 1. The molecule has 0 aliphatic carbocycles. The fraction of sp³-hybridized carbons (Fsp3) is 0.474. The van der Waals surface area contributed by atoms with Gasteiger partial charge in [0.25, 0.3) is 5.91 Å². The topological polar surface area (TPSA) is 87.2 Å². The molecule has 6 nitrogen and oxygen atoms in total. The fourth-order valence-electron chi connectivity index (χ4n) is 2.93. The van der Waals surface area contributed by atoms with Crippen LogP contribution in [0.3, 0.4) is 0 Å². The third-order valence-corrected chi connectivity index (χ3v) is 4.33. The highest BCUT2D eigenvalue weighted by Crippen LogP contribution is 2.43. The molecule has 0 bridgehead atoms. The number of aliphatic hydroxyl groups excluding tert-OH is 1. The summed E-state index contributed by atoms with van der Waals surface area (Å²) in [5.41, 5.74) is 1.82. The van der Waals surface area contributed by atoms with E-state index >= 15 is 0 Å². The number of ether oxygens (including phenoxy) is 1. The van der Waals surface area contributed by atoms with Crippen molar-refractivity contribution in [3.8, 4) is 5.75 Å². The van der Waals surface area contributed by atoms with Crippen LogP contribution < -0.4 is 10.1 Å². The predicted molar refractivity (Wildman–Crippen MR) is 96.0 cm³/mol. The van der Waals surface area contributed by atoms with Gasteiger partial charge in [-0.15, -0.1) is 0 Å². The molecule has 25 heavy (non-hydrogen) atoms. The number of rotatable bonds is 2. The first kappa shape index (κ1) is 17.5. The Labute approximate surface area is 147 Å². The van der Waals surface area contributed by atoms with Crippen LogP contribution >= 0.6 is 0 Å². The summed E-state index contributed by atoms with van der Waals surface area (Å²) in [6, 6.07) is 7.13. The molecule has 3 N–H and O–H groups in total. The van der Waals surface area contributed by atoms with Crippen molar-refractivity contribution in [1.29, 1.82) is 0 Å². The van der Waals surface area contributed by atoms with Gasteiger partial charge in [0.1, 0.15) is 11.4 Å². The molecule has 0 saturated heterocycles. The molecule has 2 aromatic rings. The molecule has 6 heteroatoms. The molecular weight excluding hydrogens is 318 g/mol. The molecule has 1 amide bonds. The lowest BCUT2D eigenvalue weighted by Gasteiger charge is -2.36. The van der Waals surface area contributed by atoms with Gasteiger partial charge in [-0.05, 0) is 26.0 Å². The van der Waals surface area contributed by atoms with Crippen LogP contribution in [0.4, 0.5) is 5.69 Å². The number of hydrogen-bond acceptors (Lipinski definition) is 4. The monoisotopic (exact) mass is 343 g/mol. The summed E-state index contributed by atoms with van der Waals surface area (Å²) >= 11 is 0. The Morgan fingerprint density at radius 1 is 1.40 bits per heavy atom.